The van der Waals surface area contributed by atoms with E-state index in [-0.39, 0.29) is 11.9 Å². The zero-order chi connectivity index (χ0) is 16.4. The van der Waals surface area contributed by atoms with Crippen molar-refractivity contribution in [1.29, 1.82) is 0 Å². The molecule has 0 aromatic carbocycles. The number of ether oxygens (including phenoxy) is 2. The van der Waals surface area contributed by atoms with Crippen molar-refractivity contribution in [3.8, 4) is 0 Å². The van der Waals surface area contributed by atoms with Gasteiger partial charge >= 0.3 is 11.9 Å². The van der Waals surface area contributed by atoms with E-state index in [1.807, 2.05) is 19.9 Å². The molecule has 22 heavy (non-hydrogen) atoms. The Hall–Kier alpha value is -1.88. The lowest BCUT2D eigenvalue weighted by Crippen LogP contribution is -2.24. The first-order chi connectivity index (χ1) is 10.3. The van der Waals surface area contributed by atoms with Gasteiger partial charge in [0.2, 0.25) is 0 Å². The molecule has 3 atom stereocenters. The fourth-order valence-electron chi connectivity index (χ4n) is 2.86. The summed E-state index contributed by atoms with van der Waals surface area (Å²) in [5, 5.41) is 10.5. The topological polar surface area (TPSA) is 72.8 Å². The minimum atomic E-state index is -0.916. The van der Waals surface area contributed by atoms with Gasteiger partial charge in [-0.2, -0.15) is 0 Å². The van der Waals surface area contributed by atoms with Crippen LogP contribution in [0, 0.1) is 0 Å². The van der Waals surface area contributed by atoms with E-state index in [9.17, 15) is 14.7 Å². The van der Waals surface area contributed by atoms with Crippen molar-refractivity contribution in [2.45, 2.75) is 58.8 Å². The van der Waals surface area contributed by atoms with Gasteiger partial charge in [0.1, 0.15) is 12.2 Å². The molecular weight excluding hydrogens is 284 g/mol. The Morgan fingerprint density at radius 3 is 2.68 bits per heavy atom. The number of hydrogen-bond donors (Lipinski definition) is 1. The minimum absolute atomic E-state index is 0.358. The predicted octanol–water partition coefficient (Wildman–Crippen LogP) is 2.21. The minimum Gasteiger partial charge on any atom is -0.458 e. The molecule has 0 radical (unpaired) electrons. The van der Waals surface area contributed by atoms with Gasteiger partial charge in [0.05, 0.1) is 6.10 Å². The standard InChI is InChI=1S/C17H22O5/c1-9-5-6-14(21-12(4)18)10(2)8-13(19)16-11(3)17(20)22-15(16)7-9/h5,8,13-15,19H,6-7H2,1-4H3. The average Bonchev–Trinajstić information content (AvgIpc) is 2.68. The number of fused-ring (bicyclic) bond motifs is 1. The summed E-state index contributed by atoms with van der Waals surface area (Å²) >= 11 is 0. The number of carbonyl (C=O) groups is 2. The van der Waals surface area contributed by atoms with Crippen molar-refractivity contribution in [3.05, 3.63) is 34.4 Å². The second kappa shape index (κ2) is 6.48. The van der Waals surface area contributed by atoms with E-state index in [1.165, 1.54) is 6.92 Å². The van der Waals surface area contributed by atoms with Gasteiger partial charge in [-0.15, -0.1) is 0 Å². The molecule has 2 rings (SSSR count). The highest BCUT2D eigenvalue weighted by molar-refractivity contribution is 5.92. The fraction of sp³-hybridized carbons (Fsp3) is 0.529. The third-order valence-electron chi connectivity index (χ3n) is 4.08. The van der Waals surface area contributed by atoms with Crippen molar-refractivity contribution in [2.75, 3.05) is 0 Å². The third-order valence-corrected chi connectivity index (χ3v) is 4.08. The lowest BCUT2D eigenvalue weighted by atomic mass is 9.91. The summed E-state index contributed by atoms with van der Waals surface area (Å²) in [6.45, 7) is 6.78. The van der Waals surface area contributed by atoms with Gasteiger partial charge in [0.15, 0.2) is 0 Å². The van der Waals surface area contributed by atoms with Crippen LogP contribution in [-0.2, 0) is 19.1 Å². The maximum absolute atomic E-state index is 11.8. The monoisotopic (exact) mass is 306 g/mol. The Kier molecular flexibility index (Phi) is 4.86. The zero-order valence-corrected chi connectivity index (χ0v) is 13.4. The van der Waals surface area contributed by atoms with Crippen molar-refractivity contribution >= 4 is 11.9 Å². The summed E-state index contributed by atoms with van der Waals surface area (Å²) in [5.74, 6) is -0.739. The molecule has 0 spiro atoms. The maximum atomic E-state index is 11.8. The Morgan fingerprint density at radius 1 is 1.36 bits per heavy atom. The van der Waals surface area contributed by atoms with E-state index in [0.717, 1.165) is 11.1 Å². The molecule has 0 fully saturated rings. The summed E-state index contributed by atoms with van der Waals surface area (Å²) in [6.07, 6.45) is 2.96. The lowest BCUT2D eigenvalue weighted by molar-refractivity contribution is -0.144. The van der Waals surface area contributed by atoms with Crippen molar-refractivity contribution in [2.24, 2.45) is 0 Å². The molecule has 0 saturated heterocycles. The molecule has 2 aliphatic rings. The normalized spacial score (nSPS) is 29.3. The van der Waals surface area contributed by atoms with Crippen LogP contribution < -0.4 is 0 Å². The first kappa shape index (κ1) is 16.5. The number of hydrogen-bond acceptors (Lipinski definition) is 5. The molecule has 5 heteroatoms. The number of rotatable bonds is 1. The highest BCUT2D eigenvalue weighted by Crippen LogP contribution is 2.32. The van der Waals surface area contributed by atoms with Gasteiger partial charge in [-0.3, -0.25) is 4.79 Å². The van der Waals surface area contributed by atoms with Gasteiger partial charge < -0.3 is 14.6 Å². The first-order valence-corrected chi connectivity index (χ1v) is 7.40. The van der Waals surface area contributed by atoms with E-state index in [4.69, 9.17) is 9.47 Å². The molecule has 0 aromatic rings. The molecule has 3 unspecified atom stereocenters. The smallest absolute Gasteiger partial charge is 0.334 e. The van der Waals surface area contributed by atoms with Gasteiger partial charge in [0.25, 0.3) is 0 Å². The summed E-state index contributed by atoms with van der Waals surface area (Å²) < 4.78 is 10.7. The molecule has 0 amide bonds. The van der Waals surface area contributed by atoms with E-state index in [0.29, 0.717) is 24.0 Å². The van der Waals surface area contributed by atoms with Crippen LogP contribution in [0.5, 0.6) is 0 Å². The third kappa shape index (κ3) is 3.47. The molecule has 1 aliphatic heterocycles. The summed E-state index contributed by atoms with van der Waals surface area (Å²) in [4.78, 5) is 23.0. The van der Waals surface area contributed by atoms with Gasteiger partial charge in [-0.1, -0.05) is 11.6 Å². The highest BCUT2D eigenvalue weighted by Gasteiger charge is 2.35. The Labute approximate surface area is 130 Å². The van der Waals surface area contributed by atoms with Crippen LogP contribution >= 0.6 is 0 Å². The van der Waals surface area contributed by atoms with Crippen LogP contribution in [-0.4, -0.2) is 35.4 Å². The quantitative estimate of drug-likeness (QED) is 0.594. The van der Waals surface area contributed by atoms with Crippen LogP contribution in [0.4, 0.5) is 0 Å². The Bertz CT molecular complexity index is 582. The molecule has 1 N–H and O–H groups in total. The number of aliphatic hydroxyl groups is 1. The van der Waals surface area contributed by atoms with Crippen LogP contribution in [0.15, 0.2) is 34.4 Å². The van der Waals surface area contributed by atoms with Crippen molar-refractivity contribution < 1.29 is 24.2 Å². The lowest BCUT2D eigenvalue weighted by Gasteiger charge is -2.23. The average molecular weight is 306 g/mol. The molecular formula is C17H22O5. The van der Waals surface area contributed by atoms with E-state index in [2.05, 4.69) is 0 Å². The molecule has 120 valence electrons. The predicted molar refractivity (Wildman–Crippen MR) is 80.9 cm³/mol. The second-order valence-corrected chi connectivity index (χ2v) is 5.92. The maximum Gasteiger partial charge on any atom is 0.334 e. The largest absolute Gasteiger partial charge is 0.458 e. The van der Waals surface area contributed by atoms with E-state index >= 15 is 0 Å². The molecule has 0 aromatic heterocycles. The Balaban J connectivity index is 2.40. The highest BCUT2D eigenvalue weighted by atomic mass is 16.6. The molecule has 0 saturated carbocycles. The van der Waals surface area contributed by atoms with Gasteiger partial charge in [-0.25, -0.2) is 4.79 Å². The van der Waals surface area contributed by atoms with Crippen LogP contribution in [0.2, 0.25) is 0 Å². The van der Waals surface area contributed by atoms with E-state index in [1.54, 1.807) is 13.0 Å². The summed E-state index contributed by atoms with van der Waals surface area (Å²) in [6, 6.07) is 0. The van der Waals surface area contributed by atoms with Gasteiger partial charge in [0, 0.05) is 30.9 Å². The summed E-state index contributed by atoms with van der Waals surface area (Å²) in [5.41, 5.74) is 2.84. The van der Waals surface area contributed by atoms with Crippen LogP contribution in [0.1, 0.15) is 40.5 Å². The number of carbonyl (C=O) groups excluding carboxylic acids is 2. The van der Waals surface area contributed by atoms with Crippen LogP contribution in [0.3, 0.4) is 0 Å². The summed E-state index contributed by atoms with van der Waals surface area (Å²) in [7, 11) is 0. The number of esters is 2. The Morgan fingerprint density at radius 2 is 2.05 bits per heavy atom. The van der Waals surface area contributed by atoms with Crippen LogP contribution in [0.25, 0.3) is 0 Å². The second-order valence-electron chi connectivity index (χ2n) is 5.92. The van der Waals surface area contributed by atoms with Crippen molar-refractivity contribution in [1.82, 2.24) is 0 Å². The molecule has 1 heterocycles. The van der Waals surface area contributed by atoms with Gasteiger partial charge in [-0.05, 0) is 32.4 Å². The SMILES string of the molecule is CC(=O)OC1CC=C(C)CC2OC(=O)C(C)=C2C(O)C=C1C. The molecule has 1 aliphatic carbocycles. The first-order valence-electron chi connectivity index (χ1n) is 7.40. The number of aliphatic hydroxyl groups excluding tert-OH is 1. The molecule has 5 nitrogen and oxygen atoms in total. The van der Waals surface area contributed by atoms with Crippen molar-refractivity contribution in [3.63, 3.8) is 0 Å². The van der Waals surface area contributed by atoms with E-state index < -0.39 is 18.3 Å². The zero-order valence-electron chi connectivity index (χ0n) is 13.4. The molecule has 0 bridgehead atoms. The fourth-order valence-corrected chi connectivity index (χ4v) is 2.86.